The van der Waals surface area contributed by atoms with Crippen LogP contribution in [0, 0.1) is 12.8 Å². The summed E-state index contributed by atoms with van der Waals surface area (Å²) in [5.74, 6) is 1.93. The highest BCUT2D eigenvalue weighted by Crippen LogP contribution is 2.39. The highest BCUT2D eigenvalue weighted by Gasteiger charge is 2.30. The first-order valence-corrected chi connectivity index (χ1v) is 10.2. The van der Waals surface area contributed by atoms with Crippen LogP contribution in [-0.4, -0.2) is 40.9 Å². The van der Waals surface area contributed by atoms with Gasteiger partial charge in [0.05, 0.1) is 12.2 Å². The van der Waals surface area contributed by atoms with E-state index in [2.05, 4.69) is 15.0 Å². The van der Waals surface area contributed by atoms with E-state index in [1.807, 2.05) is 0 Å². The van der Waals surface area contributed by atoms with Crippen molar-refractivity contribution in [1.29, 1.82) is 0 Å². The van der Waals surface area contributed by atoms with Crippen LogP contribution < -0.4 is 9.64 Å². The topological polar surface area (TPSA) is 88.7 Å². The molecule has 2 fully saturated rings. The van der Waals surface area contributed by atoms with Crippen LogP contribution in [0.2, 0.25) is 0 Å². The van der Waals surface area contributed by atoms with Crippen molar-refractivity contribution in [2.75, 3.05) is 24.6 Å². The second-order valence-electron chi connectivity index (χ2n) is 7.91. The van der Waals surface area contributed by atoms with Crippen molar-refractivity contribution in [2.45, 2.75) is 51.4 Å². The van der Waals surface area contributed by atoms with Gasteiger partial charge in [0.1, 0.15) is 5.75 Å². The van der Waals surface area contributed by atoms with Gasteiger partial charge in [0, 0.05) is 19.0 Å². The molecule has 0 bridgehead atoms. The first kappa shape index (κ1) is 18.8. The standard InChI is InChI=1S/C21H27N3O4/c1-14-13-17(6-7-18(14)20(25)26)27-12-2-3-15-8-10-24(11-9-15)21-22-19(23-28-21)16-4-5-16/h6-7,13,15-16H,2-5,8-12H2,1H3,(H,25,26). The molecule has 2 aliphatic rings. The Morgan fingerprint density at radius 1 is 1.29 bits per heavy atom. The summed E-state index contributed by atoms with van der Waals surface area (Å²) in [6, 6.07) is 5.82. The lowest BCUT2D eigenvalue weighted by molar-refractivity contribution is 0.0696. The minimum atomic E-state index is -0.903. The van der Waals surface area contributed by atoms with E-state index in [4.69, 9.17) is 14.4 Å². The molecular formula is C21H27N3O4. The lowest BCUT2D eigenvalue weighted by Crippen LogP contribution is -2.34. The molecule has 1 saturated carbocycles. The average Bonchev–Trinajstić information content (AvgIpc) is 3.42. The zero-order valence-corrected chi connectivity index (χ0v) is 16.3. The third-order valence-electron chi connectivity index (χ3n) is 5.71. The van der Waals surface area contributed by atoms with Gasteiger partial charge in [0.2, 0.25) is 0 Å². The second-order valence-corrected chi connectivity index (χ2v) is 7.91. The highest BCUT2D eigenvalue weighted by atomic mass is 16.5. The summed E-state index contributed by atoms with van der Waals surface area (Å²) >= 11 is 0. The summed E-state index contributed by atoms with van der Waals surface area (Å²) in [6.45, 7) is 4.38. The van der Waals surface area contributed by atoms with Crippen LogP contribution in [0.3, 0.4) is 0 Å². The summed E-state index contributed by atoms with van der Waals surface area (Å²) in [4.78, 5) is 17.8. The van der Waals surface area contributed by atoms with E-state index in [0.29, 0.717) is 30.0 Å². The molecule has 7 nitrogen and oxygen atoms in total. The maximum absolute atomic E-state index is 11.1. The monoisotopic (exact) mass is 385 g/mol. The van der Waals surface area contributed by atoms with Crippen LogP contribution in [-0.2, 0) is 0 Å². The van der Waals surface area contributed by atoms with E-state index in [-0.39, 0.29) is 0 Å². The third kappa shape index (κ3) is 4.46. The quantitative estimate of drug-likeness (QED) is 0.686. The Balaban J connectivity index is 1.16. The van der Waals surface area contributed by atoms with E-state index in [1.165, 1.54) is 12.8 Å². The maximum atomic E-state index is 11.1. The number of benzene rings is 1. The second kappa shape index (κ2) is 8.20. The smallest absolute Gasteiger partial charge is 0.335 e. The van der Waals surface area contributed by atoms with Crippen molar-refractivity contribution >= 4 is 12.0 Å². The van der Waals surface area contributed by atoms with Crippen LogP contribution in [0.4, 0.5) is 6.01 Å². The molecule has 1 aromatic carbocycles. The van der Waals surface area contributed by atoms with E-state index < -0.39 is 5.97 Å². The number of piperidine rings is 1. The number of carboxylic acid groups (broad SMARTS) is 1. The molecule has 4 rings (SSSR count). The highest BCUT2D eigenvalue weighted by molar-refractivity contribution is 5.89. The first-order chi connectivity index (χ1) is 13.6. The number of hydrogen-bond acceptors (Lipinski definition) is 6. The van der Waals surface area contributed by atoms with Crippen molar-refractivity contribution < 1.29 is 19.2 Å². The normalized spacial score (nSPS) is 17.7. The van der Waals surface area contributed by atoms with Gasteiger partial charge in [-0.15, -0.1) is 0 Å². The predicted molar refractivity (Wildman–Crippen MR) is 104 cm³/mol. The molecule has 0 amide bonds. The third-order valence-corrected chi connectivity index (χ3v) is 5.71. The van der Waals surface area contributed by atoms with Crippen LogP contribution in [0.1, 0.15) is 66.2 Å². The lowest BCUT2D eigenvalue weighted by Gasteiger charge is -2.30. The SMILES string of the molecule is Cc1cc(OCCCC2CCN(c3nc(C4CC4)no3)CC2)ccc1C(=O)O. The number of anilines is 1. The predicted octanol–water partition coefficient (Wildman–Crippen LogP) is 4.03. The van der Waals surface area contributed by atoms with Gasteiger partial charge in [-0.2, -0.15) is 4.98 Å². The van der Waals surface area contributed by atoms with E-state index in [0.717, 1.165) is 55.9 Å². The molecule has 0 unspecified atom stereocenters. The molecule has 0 atom stereocenters. The fourth-order valence-corrected chi connectivity index (χ4v) is 3.80. The van der Waals surface area contributed by atoms with Crippen molar-refractivity contribution in [3.05, 3.63) is 35.2 Å². The molecular weight excluding hydrogens is 358 g/mol. The Morgan fingerprint density at radius 2 is 2.07 bits per heavy atom. The fraction of sp³-hybridized carbons (Fsp3) is 0.571. The summed E-state index contributed by atoms with van der Waals surface area (Å²) in [5.41, 5.74) is 1.05. The zero-order chi connectivity index (χ0) is 19.5. The van der Waals surface area contributed by atoms with Crippen molar-refractivity contribution in [2.24, 2.45) is 5.92 Å². The Kier molecular flexibility index (Phi) is 5.50. The number of rotatable bonds is 8. The summed E-state index contributed by atoms with van der Waals surface area (Å²) in [6.07, 6.45) is 6.77. The average molecular weight is 385 g/mol. The number of nitrogens with zero attached hydrogens (tertiary/aromatic N) is 3. The largest absolute Gasteiger partial charge is 0.494 e. The molecule has 150 valence electrons. The number of carbonyl (C=O) groups is 1. The Labute approximate surface area is 164 Å². The molecule has 2 aromatic rings. The molecule has 2 heterocycles. The molecule has 7 heteroatoms. The molecule has 1 aliphatic heterocycles. The van der Waals surface area contributed by atoms with Crippen LogP contribution >= 0.6 is 0 Å². The van der Waals surface area contributed by atoms with Gasteiger partial charge in [0.15, 0.2) is 5.82 Å². The van der Waals surface area contributed by atoms with Crippen molar-refractivity contribution in [3.63, 3.8) is 0 Å². The Hall–Kier alpha value is -2.57. The fourth-order valence-electron chi connectivity index (χ4n) is 3.80. The lowest BCUT2D eigenvalue weighted by atomic mass is 9.92. The number of aryl methyl sites for hydroxylation is 1. The van der Waals surface area contributed by atoms with Gasteiger partial charge >= 0.3 is 12.0 Å². The number of ether oxygens (including phenoxy) is 1. The van der Waals surface area contributed by atoms with E-state index in [1.54, 1.807) is 25.1 Å². The molecule has 1 aromatic heterocycles. The zero-order valence-electron chi connectivity index (χ0n) is 16.3. The van der Waals surface area contributed by atoms with Gasteiger partial charge in [-0.05, 0) is 75.1 Å². The molecule has 1 N–H and O–H groups in total. The van der Waals surface area contributed by atoms with Crippen molar-refractivity contribution in [1.82, 2.24) is 10.1 Å². The Bertz CT molecular complexity index is 823. The summed E-state index contributed by atoms with van der Waals surface area (Å²) in [5, 5.41) is 13.2. The number of aromatic nitrogens is 2. The summed E-state index contributed by atoms with van der Waals surface area (Å²) in [7, 11) is 0. The van der Waals surface area contributed by atoms with Crippen LogP contribution in [0.25, 0.3) is 0 Å². The first-order valence-electron chi connectivity index (χ1n) is 10.2. The minimum Gasteiger partial charge on any atom is -0.494 e. The number of aromatic carboxylic acids is 1. The van der Waals surface area contributed by atoms with Gasteiger partial charge in [-0.25, -0.2) is 4.79 Å². The molecule has 1 aliphatic carbocycles. The van der Waals surface area contributed by atoms with Crippen LogP contribution in [0.5, 0.6) is 5.75 Å². The number of hydrogen-bond donors (Lipinski definition) is 1. The molecule has 28 heavy (non-hydrogen) atoms. The van der Waals surface area contributed by atoms with E-state index in [9.17, 15) is 4.79 Å². The van der Waals surface area contributed by atoms with Crippen molar-refractivity contribution in [3.8, 4) is 5.75 Å². The molecule has 0 spiro atoms. The van der Waals surface area contributed by atoms with Gasteiger partial charge in [-0.1, -0.05) is 5.16 Å². The van der Waals surface area contributed by atoms with Gasteiger partial charge < -0.3 is 19.3 Å². The summed E-state index contributed by atoms with van der Waals surface area (Å²) < 4.78 is 11.2. The molecule has 0 radical (unpaired) electrons. The number of carboxylic acids is 1. The molecule has 1 saturated heterocycles. The van der Waals surface area contributed by atoms with Crippen LogP contribution in [0.15, 0.2) is 22.7 Å². The Morgan fingerprint density at radius 3 is 2.75 bits per heavy atom. The van der Waals surface area contributed by atoms with Gasteiger partial charge in [-0.3, -0.25) is 0 Å². The van der Waals surface area contributed by atoms with E-state index >= 15 is 0 Å². The van der Waals surface area contributed by atoms with Gasteiger partial charge in [0.25, 0.3) is 0 Å². The maximum Gasteiger partial charge on any atom is 0.335 e. The minimum absolute atomic E-state index is 0.324.